The molecule has 0 aliphatic carbocycles. The molecular weight excluding hydrogens is 330 g/mol. The second kappa shape index (κ2) is 10.6. The first-order valence-electron chi connectivity index (χ1n) is 7.19. The molecule has 0 fully saturated rings. The zero-order valence-electron chi connectivity index (χ0n) is 13.4. The van der Waals surface area contributed by atoms with Gasteiger partial charge in [-0.2, -0.15) is 10.2 Å². The first kappa shape index (κ1) is 18.9. The van der Waals surface area contributed by atoms with E-state index in [1.165, 1.54) is 0 Å². The Morgan fingerprint density at radius 3 is 2.17 bits per heavy atom. The number of aromatic nitrogens is 1. The maximum absolute atomic E-state index is 5.11. The van der Waals surface area contributed by atoms with Gasteiger partial charge in [-0.05, 0) is 57.3 Å². The second-order valence-corrected chi connectivity index (χ2v) is 5.13. The van der Waals surface area contributed by atoms with Crippen molar-refractivity contribution < 1.29 is 0 Å². The summed E-state index contributed by atoms with van der Waals surface area (Å²) >= 11 is 10.2. The molecule has 9 heteroatoms. The summed E-state index contributed by atoms with van der Waals surface area (Å²) in [7, 11) is 0. The average Bonchev–Trinajstić information content (AvgIpc) is 2.54. The summed E-state index contributed by atoms with van der Waals surface area (Å²) in [6.07, 6.45) is 1.69. The SMILES string of the molecule is CCNC(=S)NN=C(C)C(=NNC(=S)NCC)c1ccccn1. The van der Waals surface area contributed by atoms with E-state index in [0.29, 0.717) is 33.9 Å². The molecule has 0 aromatic carbocycles. The van der Waals surface area contributed by atoms with Crippen LogP contribution < -0.4 is 21.5 Å². The third-order valence-corrected chi connectivity index (χ3v) is 2.99. The molecule has 0 saturated heterocycles. The van der Waals surface area contributed by atoms with Crippen LogP contribution in [0.25, 0.3) is 0 Å². The van der Waals surface area contributed by atoms with Crippen LogP contribution >= 0.6 is 24.4 Å². The summed E-state index contributed by atoms with van der Waals surface area (Å²) in [5.41, 5.74) is 7.42. The molecule has 1 heterocycles. The van der Waals surface area contributed by atoms with Crippen molar-refractivity contribution in [1.29, 1.82) is 0 Å². The molecule has 0 unspecified atom stereocenters. The van der Waals surface area contributed by atoms with Gasteiger partial charge in [-0.15, -0.1) is 0 Å². The molecule has 124 valence electrons. The fraction of sp³-hybridized carbons (Fsp3) is 0.357. The maximum atomic E-state index is 5.11. The van der Waals surface area contributed by atoms with E-state index >= 15 is 0 Å². The Labute approximate surface area is 147 Å². The number of hydrogen-bond acceptors (Lipinski definition) is 5. The van der Waals surface area contributed by atoms with Gasteiger partial charge in [0.25, 0.3) is 0 Å². The van der Waals surface area contributed by atoms with Crippen molar-refractivity contribution in [2.75, 3.05) is 13.1 Å². The zero-order chi connectivity index (χ0) is 17.1. The van der Waals surface area contributed by atoms with Gasteiger partial charge >= 0.3 is 0 Å². The summed E-state index contributed by atoms with van der Waals surface area (Å²) in [6, 6.07) is 5.56. The fourth-order valence-corrected chi connectivity index (χ4v) is 1.90. The van der Waals surface area contributed by atoms with Crippen LogP contribution in [0.2, 0.25) is 0 Å². The minimum absolute atomic E-state index is 0.435. The van der Waals surface area contributed by atoms with Gasteiger partial charge in [0, 0.05) is 19.3 Å². The lowest BCUT2D eigenvalue weighted by Crippen LogP contribution is -2.35. The quantitative estimate of drug-likeness (QED) is 0.347. The lowest BCUT2D eigenvalue weighted by molar-refractivity contribution is 0.896. The third kappa shape index (κ3) is 7.11. The van der Waals surface area contributed by atoms with Gasteiger partial charge in [-0.1, -0.05) is 6.07 Å². The normalized spacial score (nSPS) is 11.6. The maximum Gasteiger partial charge on any atom is 0.186 e. The van der Waals surface area contributed by atoms with Gasteiger partial charge in [-0.25, -0.2) is 0 Å². The number of hydrogen-bond donors (Lipinski definition) is 4. The number of nitrogens with one attached hydrogen (secondary N) is 4. The van der Waals surface area contributed by atoms with Crippen LogP contribution in [-0.2, 0) is 0 Å². The Morgan fingerprint density at radius 2 is 1.65 bits per heavy atom. The molecule has 0 bridgehead atoms. The van der Waals surface area contributed by atoms with Gasteiger partial charge in [0.1, 0.15) is 5.71 Å². The lowest BCUT2D eigenvalue weighted by atomic mass is 10.2. The summed E-state index contributed by atoms with van der Waals surface area (Å²) < 4.78 is 0. The highest BCUT2D eigenvalue weighted by molar-refractivity contribution is 7.80. The molecule has 0 aliphatic heterocycles. The van der Waals surface area contributed by atoms with Crippen molar-refractivity contribution in [2.24, 2.45) is 10.2 Å². The van der Waals surface area contributed by atoms with E-state index in [1.807, 2.05) is 39.0 Å². The van der Waals surface area contributed by atoms with Crippen molar-refractivity contribution in [3.63, 3.8) is 0 Å². The van der Waals surface area contributed by atoms with E-state index in [4.69, 9.17) is 24.4 Å². The molecule has 7 nitrogen and oxygen atoms in total. The molecule has 0 amide bonds. The standard InChI is InChI=1S/C14H21N7S2/c1-4-15-13(22)20-18-10(3)12(11-8-6-7-9-17-11)19-21-14(23)16-5-2/h6-9H,4-5H2,1-3H3,(H2,15,20,22)(H2,16,21,23). The Bertz CT molecular complexity index is 584. The molecule has 1 aromatic rings. The molecule has 23 heavy (non-hydrogen) atoms. The zero-order valence-corrected chi connectivity index (χ0v) is 15.0. The molecule has 0 atom stereocenters. The van der Waals surface area contributed by atoms with Crippen LogP contribution in [0.3, 0.4) is 0 Å². The molecule has 0 spiro atoms. The van der Waals surface area contributed by atoms with Crippen LogP contribution in [-0.4, -0.2) is 39.7 Å². The topological polar surface area (TPSA) is 85.7 Å². The number of nitrogens with zero attached hydrogens (tertiary/aromatic N) is 3. The summed E-state index contributed by atoms with van der Waals surface area (Å²) in [5.74, 6) is 0. The molecular formula is C14H21N7S2. The Balaban J connectivity index is 2.95. The largest absolute Gasteiger partial charge is 0.362 e. The van der Waals surface area contributed by atoms with Crippen LogP contribution in [0.5, 0.6) is 0 Å². The number of thiocarbonyl (C=S) groups is 2. The highest BCUT2D eigenvalue weighted by Gasteiger charge is 2.10. The highest BCUT2D eigenvalue weighted by atomic mass is 32.1. The van der Waals surface area contributed by atoms with Crippen molar-refractivity contribution >= 4 is 46.1 Å². The van der Waals surface area contributed by atoms with E-state index in [2.05, 4.69) is 36.7 Å². The van der Waals surface area contributed by atoms with Crippen molar-refractivity contribution in [1.82, 2.24) is 26.5 Å². The van der Waals surface area contributed by atoms with Gasteiger partial charge in [0.15, 0.2) is 10.2 Å². The van der Waals surface area contributed by atoms with Crippen LogP contribution in [0.15, 0.2) is 34.6 Å². The smallest absolute Gasteiger partial charge is 0.186 e. The second-order valence-electron chi connectivity index (χ2n) is 4.32. The highest BCUT2D eigenvalue weighted by Crippen LogP contribution is 1.99. The van der Waals surface area contributed by atoms with E-state index in [0.717, 1.165) is 6.54 Å². The predicted octanol–water partition coefficient (Wildman–Crippen LogP) is 1.13. The van der Waals surface area contributed by atoms with Crippen molar-refractivity contribution in [3.05, 3.63) is 30.1 Å². The van der Waals surface area contributed by atoms with Crippen LogP contribution in [0.1, 0.15) is 26.5 Å². The molecule has 0 aliphatic rings. The van der Waals surface area contributed by atoms with E-state index in [9.17, 15) is 0 Å². The van der Waals surface area contributed by atoms with Crippen molar-refractivity contribution in [3.8, 4) is 0 Å². The van der Waals surface area contributed by atoms with E-state index in [1.54, 1.807) is 6.20 Å². The third-order valence-electron chi connectivity index (χ3n) is 2.52. The number of rotatable bonds is 6. The number of hydrazone groups is 2. The monoisotopic (exact) mass is 351 g/mol. The summed E-state index contributed by atoms with van der Waals surface area (Å²) in [4.78, 5) is 4.30. The van der Waals surface area contributed by atoms with E-state index in [-0.39, 0.29) is 0 Å². The summed E-state index contributed by atoms with van der Waals surface area (Å²) in [6.45, 7) is 7.16. The van der Waals surface area contributed by atoms with Gasteiger partial charge < -0.3 is 10.6 Å². The minimum atomic E-state index is 0.435. The average molecular weight is 352 g/mol. The number of pyridine rings is 1. The summed E-state index contributed by atoms with van der Waals surface area (Å²) in [5, 5.41) is 15.3. The minimum Gasteiger partial charge on any atom is -0.362 e. The lowest BCUT2D eigenvalue weighted by Gasteiger charge is -2.09. The molecule has 0 radical (unpaired) electrons. The first-order chi connectivity index (χ1) is 11.1. The Morgan fingerprint density at radius 1 is 1.04 bits per heavy atom. The van der Waals surface area contributed by atoms with Gasteiger partial charge in [-0.3, -0.25) is 15.8 Å². The molecule has 1 rings (SSSR count). The molecule has 0 saturated carbocycles. The van der Waals surface area contributed by atoms with Gasteiger partial charge in [0.2, 0.25) is 0 Å². The van der Waals surface area contributed by atoms with Crippen LogP contribution in [0, 0.1) is 0 Å². The van der Waals surface area contributed by atoms with Gasteiger partial charge in [0.05, 0.1) is 11.4 Å². The molecule has 4 N–H and O–H groups in total. The fourth-order valence-electron chi connectivity index (χ4n) is 1.52. The van der Waals surface area contributed by atoms with E-state index < -0.39 is 0 Å². The van der Waals surface area contributed by atoms with Crippen molar-refractivity contribution in [2.45, 2.75) is 20.8 Å². The van der Waals surface area contributed by atoms with Crippen LogP contribution in [0.4, 0.5) is 0 Å². The molecule has 1 aromatic heterocycles. The Kier molecular flexibility index (Phi) is 8.70. The Hall–Kier alpha value is -2.13. The predicted molar refractivity (Wildman–Crippen MR) is 103 cm³/mol. The first-order valence-corrected chi connectivity index (χ1v) is 8.01.